The van der Waals surface area contributed by atoms with Gasteiger partial charge in [0.15, 0.2) is 5.78 Å². The van der Waals surface area contributed by atoms with Crippen molar-refractivity contribution < 1.29 is 29.1 Å². The number of amides is 4. The van der Waals surface area contributed by atoms with Gasteiger partial charge in [-0.15, -0.1) is 0 Å². The number of para-hydroxylation sites is 1. The summed E-state index contributed by atoms with van der Waals surface area (Å²) in [5, 5.41) is 19.1. The van der Waals surface area contributed by atoms with Crippen molar-refractivity contribution in [1.29, 1.82) is 0 Å². The molecule has 5 N–H and O–H groups in total. The number of nitrogens with one attached hydrogen (secondary N) is 4. The first-order valence-electron chi connectivity index (χ1n) is 16.2. The van der Waals surface area contributed by atoms with E-state index in [1.54, 1.807) is 0 Å². The predicted octanol–water partition coefficient (Wildman–Crippen LogP) is 2.31. The van der Waals surface area contributed by atoms with Gasteiger partial charge in [-0.2, -0.15) is 0 Å². The van der Waals surface area contributed by atoms with E-state index in [1.807, 2.05) is 60.8 Å². The summed E-state index contributed by atoms with van der Waals surface area (Å²) in [4.78, 5) is 72.1. The van der Waals surface area contributed by atoms with Crippen molar-refractivity contribution in [3.05, 3.63) is 71.9 Å². The maximum absolute atomic E-state index is 14.0. The second-order valence-electron chi connectivity index (χ2n) is 12.4. The number of rotatable bonds is 11. The normalized spacial score (nSPS) is 23.1. The number of carbonyl (C=O) groups excluding carboxylic acids is 5. The maximum Gasteiger partial charge on any atom is 0.246 e. The van der Waals surface area contributed by atoms with Gasteiger partial charge in [0.1, 0.15) is 30.3 Å². The number of benzene rings is 2. The van der Waals surface area contributed by atoms with E-state index in [0.29, 0.717) is 45.1 Å². The molecule has 46 heavy (non-hydrogen) atoms. The highest BCUT2D eigenvalue weighted by Crippen LogP contribution is 2.23. The molecule has 5 atom stereocenters. The van der Waals surface area contributed by atoms with Crippen LogP contribution in [-0.2, 0) is 36.8 Å². The van der Waals surface area contributed by atoms with Crippen molar-refractivity contribution in [3.63, 3.8) is 0 Å². The van der Waals surface area contributed by atoms with Crippen molar-refractivity contribution >= 4 is 40.3 Å². The van der Waals surface area contributed by atoms with Crippen molar-refractivity contribution in [2.24, 2.45) is 0 Å². The van der Waals surface area contributed by atoms with E-state index < -0.39 is 48.0 Å². The molecule has 4 amide bonds. The second kappa shape index (κ2) is 15.2. The number of carbonyl (C=O) groups is 5. The van der Waals surface area contributed by atoms with E-state index in [-0.39, 0.29) is 31.0 Å². The van der Waals surface area contributed by atoms with Gasteiger partial charge >= 0.3 is 0 Å². The van der Waals surface area contributed by atoms with E-state index in [1.165, 1.54) is 11.8 Å². The highest BCUT2D eigenvalue weighted by Gasteiger charge is 2.40. The highest BCUT2D eigenvalue weighted by atomic mass is 16.3. The van der Waals surface area contributed by atoms with Crippen LogP contribution in [0.4, 0.5) is 0 Å². The van der Waals surface area contributed by atoms with E-state index in [2.05, 4.69) is 20.9 Å². The number of H-pyrrole nitrogens is 1. The third kappa shape index (κ3) is 8.00. The molecule has 0 aliphatic carbocycles. The summed E-state index contributed by atoms with van der Waals surface area (Å²) < 4.78 is 0. The monoisotopic (exact) mass is 629 g/mol. The summed E-state index contributed by atoms with van der Waals surface area (Å²) in [6.45, 7) is 1.82. The van der Waals surface area contributed by atoms with Crippen molar-refractivity contribution in [2.45, 2.75) is 95.0 Å². The molecule has 0 radical (unpaired) electrons. The predicted molar refractivity (Wildman–Crippen MR) is 172 cm³/mol. The number of fused-ring (bicyclic) bond motifs is 2. The van der Waals surface area contributed by atoms with Crippen molar-refractivity contribution in [2.75, 3.05) is 6.54 Å². The molecule has 244 valence electrons. The van der Waals surface area contributed by atoms with Crippen LogP contribution >= 0.6 is 0 Å². The largest absolute Gasteiger partial charge is 0.386 e. The molecule has 11 heteroatoms. The lowest BCUT2D eigenvalue weighted by Crippen LogP contribution is -2.61. The lowest BCUT2D eigenvalue weighted by Gasteiger charge is -2.32. The van der Waals surface area contributed by atoms with Crippen LogP contribution in [0.1, 0.15) is 63.0 Å². The lowest BCUT2D eigenvalue weighted by molar-refractivity contribution is -0.143. The Hall–Kier alpha value is -4.51. The smallest absolute Gasteiger partial charge is 0.246 e. The first kappa shape index (κ1) is 32.9. The highest BCUT2D eigenvalue weighted by molar-refractivity contribution is 5.98. The molecule has 2 saturated heterocycles. The topological polar surface area (TPSA) is 161 Å². The van der Waals surface area contributed by atoms with Crippen LogP contribution in [-0.4, -0.2) is 81.2 Å². The Morgan fingerprint density at radius 3 is 2.33 bits per heavy atom. The molecule has 5 rings (SSSR count). The summed E-state index contributed by atoms with van der Waals surface area (Å²) in [7, 11) is 0. The summed E-state index contributed by atoms with van der Waals surface area (Å²) >= 11 is 0. The van der Waals surface area contributed by atoms with E-state index in [0.717, 1.165) is 22.0 Å². The Kier molecular flexibility index (Phi) is 10.8. The van der Waals surface area contributed by atoms with Gasteiger partial charge in [0.25, 0.3) is 0 Å². The number of ketones is 1. The average Bonchev–Trinajstić information content (AvgIpc) is 3.71. The third-order valence-corrected chi connectivity index (χ3v) is 8.98. The van der Waals surface area contributed by atoms with Gasteiger partial charge in [-0.25, -0.2) is 0 Å². The minimum Gasteiger partial charge on any atom is -0.386 e. The molecule has 0 saturated carbocycles. The number of hydrogen-bond acceptors (Lipinski definition) is 6. The van der Waals surface area contributed by atoms with Gasteiger partial charge in [0.05, 0.1) is 0 Å². The summed E-state index contributed by atoms with van der Waals surface area (Å²) in [5.41, 5.74) is 2.59. The van der Waals surface area contributed by atoms with Gasteiger partial charge in [0, 0.05) is 42.9 Å². The number of hydrogen-bond donors (Lipinski definition) is 5. The molecule has 0 bridgehead atoms. The molecule has 3 heterocycles. The second-order valence-corrected chi connectivity index (χ2v) is 12.4. The molecule has 0 spiro atoms. The molecule has 2 aromatic carbocycles. The molecule has 11 nitrogen and oxygen atoms in total. The number of aromatic nitrogens is 1. The first-order valence-corrected chi connectivity index (χ1v) is 16.2. The van der Waals surface area contributed by atoms with Gasteiger partial charge in [-0.1, -0.05) is 61.4 Å². The van der Waals surface area contributed by atoms with Gasteiger partial charge in [-0.05, 0) is 49.8 Å². The number of aliphatic hydroxyl groups is 1. The number of Topliss-reactive ketones (excluding diaryl/α,β-unsaturated/α-hetero) is 1. The van der Waals surface area contributed by atoms with Crippen LogP contribution in [0, 0.1) is 0 Å². The standard InChI is InChI=1S/C35H43N5O6/c1-22(41)31(42)17-7-3-6-15-27-32(43)38-28(20-24-21-36-26-14-9-8-13-25(24)26)33(44)39-29(19-23-11-4-2-5-12-23)35(46)40-18-10-16-30(40)34(45)37-27/h2,4-5,8-9,11-14,21-22,27-30,36,41H,3,6-7,10,15-20H2,1H3,(H,37,45)(H,38,43)(H,39,44)/t22-,27-,28+,29-,30+/m0/s1. The maximum atomic E-state index is 14.0. The van der Waals surface area contributed by atoms with E-state index >= 15 is 0 Å². The van der Waals surface area contributed by atoms with E-state index in [9.17, 15) is 29.1 Å². The summed E-state index contributed by atoms with van der Waals surface area (Å²) in [5.74, 6) is -1.92. The fraction of sp³-hybridized carbons (Fsp3) is 0.457. The van der Waals surface area contributed by atoms with Crippen LogP contribution in [0.3, 0.4) is 0 Å². The quantitative estimate of drug-likeness (QED) is 0.205. The van der Waals surface area contributed by atoms with Crippen LogP contribution < -0.4 is 16.0 Å². The van der Waals surface area contributed by atoms with Crippen molar-refractivity contribution in [1.82, 2.24) is 25.8 Å². The molecule has 1 aromatic heterocycles. The summed E-state index contributed by atoms with van der Waals surface area (Å²) in [6, 6.07) is 13.5. The van der Waals surface area contributed by atoms with Gasteiger partial charge in [0.2, 0.25) is 23.6 Å². The average molecular weight is 630 g/mol. The van der Waals surface area contributed by atoms with Crippen molar-refractivity contribution in [3.8, 4) is 0 Å². The Bertz CT molecular complexity index is 1550. The lowest BCUT2D eigenvalue weighted by atomic mass is 9.99. The Morgan fingerprint density at radius 2 is 1.54 bits per heavy atom. The third-order valence-electron chi connectivity index (χ3n) is 8.98. The number of nitrogens with zero attached hydrogens (tertiary/aromatic N) is 1. The zero-order chi connectivity index (χ0) is 32.6. The van der Waals surface area contributed by atoms with Crippen LogP contribution in [0.25, 0.3) is 10.9 Å². The fourth-order valence-electron chi connectivity index (χ4n) is 6.40. The number of unbranched alkanes of at least 4 members (excludes halogenated alkanes) is 2. The minimum atomic E-state index is -1.02. The first-order chi connectivity index (χ1) is 22.2. The Morgan fingerprint density at radius 1 is 0.848 bits per heavy atom. The van der Waals surface area contributed by atoms with Gasteiger partial charge < -0.3 is 30.9 Å². The Labute approximate surface area is 268 Å². The number of aromatic amines is 1. The number of aliphatic hydroxyl groups excluding tert-OH is 1. The molecular weight excluding hydrogens is 586 g/mol. The zero-order valence-corrected chi connectivity index (χ0v) is 26.2. The summed E-state index contributed by atoms with van der Waals surface area (Å²) in [6.07, 6.45) is 4.53. The Balaban J connectivity index is 1.41. The fourth-order valence-corrected chi connectivity index (χ4v) is 6.40. The SMILES string of the molecule is C[C@H](O)C(=O)CCCCC[C@@H]1NC(=O)[C@H]2CCCN2C(=O)[C@H](Cc2ccccc2)NC(=O)[C@@H](Cc2c[nH]c3ccccc23)NC1=O. The van der Waals surface area contributed by atoms with E-state index in [4.69, 9.17) is 0 Å². The molecule has 0 unspecified atom stereocenters. The van der Waals surface area contributed by atoms with Gasteiger partial charge in [-0.3, -0.25) is 24.0 Å². The molecule has 2 fully saturated rings. The van der Waals surface area contributed by atoms with Crippen LogP contribution in [0.5, 0.6) is 0 Å². The molecule has 2 aliphatic heterocycles. The molecule has 2 aliphatic rings. The zero-order valence-electron chi connectivity index (χ0n) is 26.2. The minimum absolute atomic E-state index is 0.169. The molecular formula is C35H43N5O6. The van der Waals surface area contributed by atoms with Crippen LogP contribution in [0.2, 0.25) is 0 Å². The molecule has 3 aromatic rings. The van der Waals surface area contributed by atoms with Crippen LogP contribution in [0.15, 0.2) is 60.8 Å².